The van der Waals surface area contributed by atoms with Crippen LogP contribution in [0.4, 0.5) is 0 Å². The molecule has 0 spiro atoms. The second-order valence-electron chi connectivity index (χ2n) is 12.2. The van der Waals surface area contributed by atoms with Gasteiger partial charge in [-0.2, -0.15) is 0 Å². The molecule has 8 bridgehead atoms. The summed E-state index contributed by atoms with van der Waals surface area (Å²) in [6.07, 6.45) is 9.18. The van der Waals surface area contributed by atoms with Gasteiger partial charge in [0.2, 0.25) is 0 Å². The number of carbonyl (C=O) groups is 3. The first-order chi connectivity index (χ1) is 22.0. The summed E-state index contributed by atoms with van der Waals surface area (Å²) in [4.78, 5) is 55.0. The number of nitrogens with zero attached hydrogens (tertiary/aromatic N) is 3. The van der Waals surface area contributed by atoms with E-state index in [9.17, 15) is 14.4 Å². The Kier molecular flexibility index (Phi) is 9.66. The topological polar surface area (TPSA) is 124 Å². The Hall–Kier alpha value is -4.02. The molecule has 3 atom stereocenters. The first-order valence-corrected chi connectivity index (χ1v) is 15.9. The third kappa shape index (κ3) is 5.55. The van der Waals surface area contributed by atoms with Gasteiger partial charge in [0, 0.05) is 35.2 Å². The number of ether oxygens (including phenoxy) is 2. The average molecular weight is 644 g/mol. The van der Waals surface area contributed by atoms with Gasteiger partial charge in [0.1, 0.15) is 5.92 Å². The zero-order chi connectivity index (χ0) is 33.0. The molecular weight excluding hydrogens is 605 g/mol. The van der Waals surface area contributed by atoms with E-state index in [4.69, 9.17) is 24.4 Å². The molecule has 0 saturated carbocycles. The summed E-state index contributed by atoms with van der Waals surface area (Å²) >= 11 is 0. The first kappa shape index (κ1) is 34.3. The molecule has 5 heterocycles. The van der Waals surface area contributed by atoms with E-state index in [-0.39, 0.29) is 53.1 Å². The molecule has 3 aromatic rings. The minimum Gasteiger partial charge on any atom is -0.657 e. The third-order valence-electron chi connectivity index (χ3n) is 9.81. The number of Topliss-reactive ketones (excluding diaryl/α,β-unsaturated/α-hetero) is 1. The summed E-state index contributed by atoms with van der Waals surface area (Å²) in [7, 11) is 1.29. The van der Waals surface area contributed by atoms with Crippen molar-refractivity contribution in [2.24, 2.45) is 17.8 Å². The second kappa shape index (κ2) is 13.2. The summed E-state index contributed by atoms with van der Waals surface area (Å²) in [5.41, 5.74) is 9.91. The van der Waals surface area contributed by atoms with Gasteiger partial charge in [0.05, 0.1) is 13.7 Å². The first-order valence-electron chi connectivity index (χ1n) is 15.9. The van der Waals surface area contributed by atoms with Crippen molar-refractivity contribution in [3.8, 4) is 0 Å². The maximum absolute atomic E-state index is 14.1. The van der Waals surface area contributed by atoms with E-state index < -0.39 is 11.9 Å². The van der Waals surface area contributed by atoms with Gasteiger partial charge >= 0.3 is 35.0 Å². The van der Waals surface area contributed by atoms with Crippen molar-refractivity contribution in [1.82, 2.24) is 20.3 Å². The van der Waals surface area contributed by atoms with Crippen molar-refractivity contribution in [2.45, 2.75) is 60.8 Å². The van der Waals surface area contributed by atoms with Crippen LogP contribution < -0.4 is 31.0 Å². The minimum absolute atomic E-state index is 0. The molecule has 0 amide bonds. The van der Waals surface area contributed by atoms with Crippen LogP contribution in [0.1, 0.15) is 94.6 Å². The van der Waals surface area contributed by atoms with E-state index in [1.807, 2.05) is 38.2 Å². The van der Waals surface area contributed by atoms with Crippen molar-refractivity contribution in [3.05, 3.63) is 84.8 Å². The van der Waals surface area contributed by atoms with Crippen LogP contribution in [0.2, 0.25) is 0 Å². The monoisotopic (exact) mass is 643 g/mol. The predicted molar refractivity (Wildman–Crippen MR) is 181 cm³/mol. The predicted octanol–water partition coefficient (Wildman–Crippen LogP) is 3.22. The number of methoxy groups -OCH3 is 1. The van der Waals surface area contributed by atoms with Crippen LogP contribution in [0, 0.1) is 38.5 Å². The van der Waals surface area contributed by atoms with Crippen LogP contribution >= 0.6 is 0 Å². The van der Waals surface area contributed by atoms with Crippen LogP contribution in [-0.4, -0.2) is 54.5 Å². The summed E-state index contributed by atoms with van der Waals surface area (Å²) in [5, 5.41) is 5.20. The van der Waals surface area contributed by atoms with E-state index in [1.54, 1.807) is 6.92 Å². The molecule has 47 heavy (non-hydrogen) atoms. The number of carbonyl (C=O) groups excluding carboxylic acids is 3. The van der Waals surface area contributed by atoms with Crippen LogP contribution in [0.3, 0.4) is 0 Å². The smallest absolute Gasteiger partial charge is 0.657 e. The van der Waals surface area contributed by atoms with Gasteiger partial charge < -0.3 is 29.7 Å². The largest absolute Gasteiger partial charge is 2.00 e. The number of allylic oxidation sites excluding steroid dienone is 2. The Morgan fingerprint density at radius 2 is 1.68 bits per heavy atom. The van der Waals surface area contributed by atoms with Crippen molar-refractivity contribution < 1.29 is 23.9 Å². The van der Waals surface area contributed by atoms with Gasteiger partial charge in [-0.1, -0.05) is 67.0 Å². The molecule has 0 radical (unpaired) electrons. The Bertz CT molecular complexity index is 2000. The Morgan fingerprint density at radius 3 is 2.34 bits per heavy atom. The molecule has 1 fully saturated rings. The molecule has 3 aliphatic rings. The molecule has 3 aromatic heterocycles. The molecule has 1 N–H and O–H groups in total. The van der Waals surface area contributed by atoms with Gasteiger partial charge in [-0.05, 0) is 51.7 Å². The summed E-state index contributed by atoms with van der Waals surface area (Å²) in [6.45, 7) is 16.3. The van der Waals surface area contributed by atoms with E-state index in [0.29, 0.717) is 46.8 Å². The summed E-state index contributed by atoms with van der Waals surface area (Å²) in [5.74, 6) is -2.78. The molecule has 2 aliphatic heterocycles. The number of ketones is 1. The number of esters is 2. The summed E-state index contributed by atoms with van der Waals surface area (Å²) < 4.78 is 10.4. The fourth-order valence-corrected chi connectivity index (χ4v) is 7.26. The third-order valence-corrected chi connectivity index (χ3v) is 9.81. The SMILES string of the molecule is C=Cc1c2[n-]c(c1C)/C=C1\N/C(=C3\c4[n-]c(c(C)c4C(=O)[C@@H]3C(=O)OC)/C=c3\[n-]/c(c(C)c3CC)=C\2)[C@@H](CCC(=O)OCC)[C@@H]1C.[Mg+2]. The molecule has 1 saturated heterocycles. The van der Waals surface area contributed by atoms with Crippen LogP contribution in [0.5, 0.6) is 0 Å². The van der Waals surface area contributed by atoms with Crippen molar-refractivity contribution in [3.63, 3.8) is 0 Å². The molecule has 1 aliphatic carbocycles. The fraction of sp³-hybridized carbons (Fsp3) is 0.378. The maximum atomic E-state index is 14.1. The molecule has 9 nitrogen and oxygen atoms in total. The van der Waals surface area contributed by atoms with Crippen molar-refractivity contribution in [1.29, 1.82) is 0 Å². The van der Waals surface area contributed by atoms with Gasteiger partial charge in [0.15, 0.2) is 5.78 Å². The van der Waals surface area contributed by atoms with Crippen LogP contribution in [0.15, 0.2) is 18.0 Å². The molecule has 0 unspecified atom stereocenters. The van der Waals surface area contributed by atoms with Gasteiger partial charge in [-0.3, -0.25) is 14.4 Å². The number of aromatic nitrogens is 3. The quantitative estimate of drug-likeness (QED) is 0.235. The Balaban J connectivity index is 0.00000433. The number of rotatable bonds is 7. The molecular formula is C37H39MgN4O5-. The Labute approximate surface area is 290 Å². The van der Waals surface area contributed by atoms with Gasteiger partial charge in [0.25, 0.3) is 0 Å². The van der Waals surface area contributed by atoms with Gasteiger partial charge in [-0.15, -0.1) is 33.5 Å². The molecule has 6 rings (SSSR count). The fourth-order valence-electron chi connectivity index (χ4n) is 7.26. The minimum atomic E-state index is -1.17. The second-order valence-corrected chi connectivity index (χ2v) is 12.2. The molecule has 10 heteroatoms. The van der Waals surface area contributed by atoms with E-state index in [2.05, 4.69) is 32.7 Å². The average Bonchev–Trinajstić information content (AvgIpc) is 3.77. The van der Waals surface area contributed by atoms with Gasteiger partial charge in [-0.25, -0.2) is 0 Å². The maximum Gasteiger partial charge on any atom is 2.00 e. The number of hydrogen-bond donors (Lipinski definition) is 1. The standard InChI is InChI=1S/C37H40N4O5.Mg/c1-9-21-17(4)24-14-26-19(6)23(12-13-30(42)46-11-3)34(40-26)32-33(37(44)45-8)36(43)31-20(7)27(41-35(31)32)16-29-22(10-2)18(5)25(39-29)15-28(21)38-24;/h9,14-16,19,23,33H,1,10-13H2,2-8H3,(H2,40,41,43);/q-2;+2/p-1/b25-15-,26-14-,29-16-;/t19-,23-,33+;/m0./s1. The number of fused-ring (bicyclic) bond motifs is 7. The van der Waals surface area contributed by atoms with Crippen LogP contribution in [0.25, 0.3) is 29.9 Å². The zero-order valence-electron chi connectivity index (χ0n) is 28.2. The van der Waals surface area contributed by atoms with E-state index in [0.717, 1.165) is 56.5 Å². The molecule has 0 aromatic carbocycles. The number of hydrogen-bond acceptors (Lipinski definition) is 6. The van der Waals surface area contributed by atoms with Crippen molar-refractivity contribution in [2.75, 3.05) is 13.7 Å². The van der Waals surface area contributed by atoms with E-state index in [1.165, 1.54) is 7.11 Å². The normalized spacial score (nSPS) is 23.4. The van der Waals surface area contributed by atoms with Crippen molar-refractivity contribution >= 4 is 70.7 Å². The molecule has 240 valence electrons. The summed E-state index contributed by atoms with van der Waals surface area (Å²) in [6, 6.07) is 0. The van der Waals surface area contributed by atoms with E-state index >= 15 is 0 Å². The zero-order valence-corrected chi connectivity index (χ0v) is 29.6. The van der Waals surface area contributed by atoms with Crippen LogP contribution in [-0.2, 0) is 25.5 Å². The Morgan fingerprint density at radius 1 is 0.979 bits per heavy atom. The number of nitrogens with one attached hydrogen (secondary N) is 1.